The van der Waals surface area contributed by atoms with Gasteiger partial charge in [-0.2, -0.15) is 0 Å². The number of benzene rings is 2. The molecule has 4 rings (SSSR count). The number of hydrogen-bond donors (Lipinski definition) is 0. The molecule has 29 heavy (non-hydrogen) atoms. The zero-order valence-corrected chi connectivity index (χ0v) is 17.7. The summed E-state index contributed by atoms with van der Waals surface area (Å²) in [6.07, 6.45) is 4.78. The summed E-state index contributed by atoms with van der Waals surface area (Å²) in [5.74, 6) is 0. The molecule has 2 aromatic carbocycles. The van der Waals surface area contributed by atoms with Crippen LogP contribution in [0.5, 0.6) is 0 Å². The van der Waals surface area contributed by atoms with Gasteiger partial charge in [-0.15, -0.1) is 0 Å². The second kappa shape index (κ2) is 7.67. The van der Waals surface area contributed by atoms with Crippen LogP contribution in [0.1, 0.15) is 30.5 Å². The van der Waals surface area contributed by atoms with Gasteiger partial charge in [0.2, 0.25) is 0 Å². The van der Waals surface area contributed by atoms with Crippen LogP contribution in [-0.2, 0) is 16.4 Å². The van der Waals surface area contributed by atoms with Gasteiger partial charge in [-0.25, -0.2) is 8.42 Å². The summed E-state index contributed by atoms with van der Waals surface area (Å²) in [5, 5.41) is 1.74. The standard InChI is InChI=1S/C23H26N2O3S/c1-17-22(24-14-6-3-7-15-24)20-8-4-5-9-21(20)23(26)25(17)16-18-10-12-19(13-11-18)29(2,27)28/h4-5,8-13H,3,6-7,14-16H2,1-2H3. The molecule has 1 aliphatic rings. The van der Waals surface area contributed by atoms with E-state index in [0.717, 1.165) is 40.8 Å². The van der Waals surface area contributed by atoms with Gasteiger partial charge in [0, 0.05) is 35.8 Å². The molecule has 5 nitrogen and oxygen atoms in total. The van der Waals surface area contributed by atoms with E-state index in [1.165, 1.54) is 25.5 Å². The minimum atomic E-state index is -3.23. The summed E-state index contributed by atoms with van der Waals surface area (Å²) in [6, 6.07) is 14.6. The summed E-state index contributed by atoms with van der Waals surface area (Å²) in [4.78, 5) is 16.0. The van der Waals surface area contributed by atoms with E-state index in [4.69, 9.17) is 0 Å². The number of rotatable bonds is 4. The molecular weight excluding hydrogens is 384 g/mol. The van der Waals surface area contributed by atoms with Crippen LogP contribution < -0.4 is 10.5 Å². The fourth-order valence-corrected chi connectivity index (χ4v) is 4.86. The molecule has 0 unspecified atom stereocenters. The van der Waals surface area contributed by atoms with Crippen molar-refractivity contribution in [2.45, 2.75) is 37.6 Å². The Morgan fingerprint density at radius 2 is 1.52 bits per heavy atom. The van der Waals surface area contributed by atoms with Crippen molar-refractivity contribution < 1.29 is 8.42 Å². The molecule has 1 aliphatic heterocycles. The highest BCUT2D eigenvalue weighted by Crippen LogP contribution is 2.31. The van der Waals surface area contributed by atoms with Crippen LogP contribution >= 0.6 is 0 Å². The lowest BCUT2D eigenvalue weighted by atomic mass is 10.0. The Labute approximate surface area is 171 Å². The van der Waals surface area contributed by atoms with Gasteiger partial charge < -0.3 is 9.47 Å². The SMILES string of the molecule is Cc1c(N2CCCCC2)c2ccccc2c(=O)n1Cc1ccc(S(C)(=O)=O)cc1. The first-order valence-electron chi connectivity index (χ1n) is 10.0. The maximum Gasteiger partial charge on any atom is 0.259 e. The fraction of sp³-hybridized carbons (Fsp3) is 0.348. The molecule has 1 aromatic heterocycles. The highest BCUT2D eigenvalue weighted by molar-refractivity contribution is 7.90. The minimum absolute atomic E-state index is 0.00829. The first-order valence-corrected chi connectivity index (χ1v) is 11.9. The van der Waals surface area contributed by atoms with E-state index in [0.29, 0.717) is 6.54 Å². The Kier molecular flexibility index (Phi) is 5.21. The fourth-order valence-electron chi connectivity index (χ4n) is 4.23. The number of sulfone groups is 1. The molecule has 3 aromatic rings. The van der Waals surface area contributed by atoms with Gasteiger partial charge in [0.1, 0.15) is 0 Å². The molecule has 0 N–H and O–H groups in total. The highest BCUT2D eigenvalue weighted by atomic mass is 32.2. The maximum absolute atomic E-state index is 13.3. The first kappa shape index (κ1) is 19.7. The zero-order chi connectivity index (χ0) is 20.6. The predicted octanol–water partition coefficient (Wildman–Crippen LogP) is 3.75. The minimum Gasteiger partial charge on any atom is -0.370 e. The summed E-state index contributed by atoms with van der Waals surface area (Å²) in [5.41, 5.74) is 3.00. The molecule has 1 fully saturated rings. The van der Waals surface area contributed by atoms with E-state index in [2.05, 4.69) is 4.90 Å². The molecule has 0 aliphatic carbocycles. The van der Waals surface area contributed by atoms with Crippen molar-refractivity contribution in [2.24, 2.45) is 0 Å². The van der Waals surface area contributed by atoms with Crippen LogP contribution in [0.2, 0.25) is 0 Å². The summed E-state index contributed by atoms with van der Waals surface area (Å²) >= 11 is 0. The zero-order valence-electron chi connectivity index (χ0n) is 16.9. The Morgan fingerprint density at radius 3 is 2.14 bits per heavy atom. The quantitative estimate of drug-likeness (QED) is 0.657. The van der Waals surface area contributed by atoms with Crippen molar-refractivity contribution >= 4 is 26.3 Å². The third kappa shape index (κ3) is 3.81. The molecular formula is C23H26N2O3S. The van der Waals surface area contributed by atoms with Gasteiger partial charge >= 0.3 is 0 Å². The highest BCUT2D eigenvalue weighted by Gasteiger charge is 2.20. The molecule has 152 valence electrons. The summed E-state index contributed by atoms with van der Waals surface area (Å²) in [6.45, 7) is 4.45. The molecule has 0 spiro atoms. The first-order chi connectivity index (χ1) is 13.9. The lowest BCUT2D eigenvalue weighted by Gasteiger charge is -2.32. The predicted molar refractivity (Wildman–Crippen MR) is 118 cm³/mol. The second-order valence-electron chi connectivity index (χ2n) is 7.83. The summed E-state index contributed by atoms with van der Waals surface area (Å²) < 4.78 is 25.3. The number of pyridine rings is 1. The van der Waals surface area contributed by atoms with Gasteiger partial charge in [0.05, 0.1) is 17.1 Å². The molecule has 1 saturated heterocycles. The summed E-state index contributed by atoms with van der Waals surface area (Å²) in [7, 11) is -3.23. The van der Waals surface area contributed by atoms with E-state index in [1.807, 2.05) is 35.8 Å². The lowest BCUT2D eigenvalue weighted by Crippen LogP contribution is -2.33. The number of aromatic nitrogens is 1. The van der Waals surface area contributed by atoms with Gasteiger partial charge in [-0.1, -0.05) is 30.3 Å². The van der Waals surface area contributed by atoms with Crippen molar-refractivity contribution in [1.82, 2.24) is 4.57 Å². The second-order valence-corrected chi connectivity index (χ2v) is 9.85. The van der Waals surface area contributed by atoms with Crippen LogP contribution in [0, 0.1) is 6.92 Å². The van der Waals surface area contributed by atoms with E-state index < -0.39 is 9.84 Å². The number of anilines is 1. The van der Waals surface area contributed by atoms with E-state index in [9.17, 15) is 13.2 Å². The normalized spacial score (nSPS) is 15.0. The molecule has 0 atom stereocenters. The number of nitrogens with zero attached hydrogens (tertiary/aromatic N) is 2. The van der Waals surface area contributed by atoms with Crippen molar-refractivity contribution in [3.63, 3.8) is 0 Å². The van der Waals surface area contributed by atoms with Gasteiger partial charge in [-0.05, 0) is 49.9 Å². The Bertz CT molecular complexity index is 1210. The average molecular weight is 411 g/mol. The van der Waals surface area contributed by atoms with Gasteiger partial charge in [0.25, 0.3) is 5.56 Å². The van der Waals surface area contributed by atoms with Crippen molar-refractivity contribution in [1.29, 1.82) is 0 Å². The molecule has 6 heteroatoms. The smallest absolute Gasteiger partial charge is 0.259 e. The van der Waals surface area contributed by atoms with Crippen molar-refractivity contribution in [3.8, 4) is 0 Å². The third-order valence-electron chi connectivity index (χ3n) is 5.77. The van der Waals surface area contributed by atoms with Crippen LogP contribution in [0.4, 0.5) is 5.69 Å². The Balaban J connectivity index is 1.83. The van der Waals surface area contributed by atoms with Crippen LogP contribution in [-0.4, -0.2) is 32.3 Å². The number of piperidine rings is 1. The monoisotopic (exact) mass is 410 g/mol. The molecule has 0 amide bonds. The third-order valence-corrected chi connectivity index (χ3v) is 6.90. The molecule has 0 radical (unpaired) electrons. The molecule has 2 heterocycles. The molecule has 0 bridgehead atoms. The van der Waals surface area contributed by atoms with Crippen molar-refractivity contribution in [3.05, 3.63) is 70.1 Å². The van der Waals surface area contributed by atoms with Crippen LogP contribution in [0.3, 0.4) is 0 Å². The van der Waals surface area contributed by atoms with Gasteiger partial charge in [0.15, 0.2) is 9.84 Å². The lowest BCUT2D eigenvalue weighted by molar-refractivity contribution is 0.574. The van der Waals surface area contributed by atoms with E-state index in [-0.39, 0.29) is 10.5 Å². The maximum atomic E-state index is 13.3. The largest absolute Gasteiger partial charge is 0.370 e. The van der Waals surface area contributed by atoms with Crippen LogP contribution in [0.15, 0.2) is 58.2 Å². The van der Waals surface area contributed by atoms with Crippen molar-refractivity contribution in [2.75, 3.05) is 24.2 Å². The van der Waals surface area contributed by atoms with E-state index >= 15 is 0 Å². The van der Waals surface area contributed by atoms with Gasteiger partial charge in [-0.3, -0.25) is 4.79 Å². The topological polar surface area (TPSA) is 59.4 Å². The molecule has 0 saturated carbocycles. The Hall–Kier alpha value is -2.60. The average Bonchev–Trinajstić information content (AvgIpc) is 2.72. The number of hydrogen-bond acceptors (Lipinski definition) is 4. The van der Waals surface area contributed by atoms with Crippen LogP contribution in [0.25, 0.3) is 10.8 Å². The van der Waals surface area contributed by atoms with E-state index in [1.54, 1.807) is 24.3 Å². The Morgan fingerprint density at radius 1 is 0.897 bits per heavy atom. The number of fused-ring (bicyclic) bond motifs is 1.